The summed E-state index contributed by atoms with van der Waals surface area (Å²) in [6, 6.07) is 13.4. The molecule has 0 radical (unpaired) electrons. The Morgan fingerprint density at radius 3 is 1.38 bits per heavy atom. The van der Waals surface area contributed by atoms with Crippen molar-refractivity contribution in [2.45, 2.75) is 71.6 Å². The summed E-state index contributed by atoms with van der Waals surface area (Å²) >= 11 is 0. The zero-order valence-corrected chi connectivity index (χ0v) is 16.4. The standard InChI is InChI=1S/C23H30O/c1-21(2,3)15-9-11-17-19(13-15)24-20-14-16(22(4,5)6)10-12-18(20)23(17,7)8/h9-14H,1-8H3. The van der Waals surface area contributed by atoms with Gasteiger partial charge in [0.25, 0.3) is 0 Å². The molecule has 0 unspecified atom stereocenters. The summed E-state index contributed by atoms with van der Waals surface area (Å²) in [4.78, 5) is 0. The molecule has 1 heteroatoms. The van der Waals surface area contributed by atoms with E-state index >= 15 is 0 Å². The van der Waals surface area contributed by atoms with Crippen molar-refractivity contribution in [2.75, 3.05) is 0 Å². The lowest BCUT2D eigenvalue weighted by Crippen LogP contribution is -2.25. The number of rotatable bonds is 0. The number of ether oxygens (including phenoxy) is 1. The number of hydrogen-bond acceptors (Lipinski definition) is 1. The van der Waals surface area contributed by atoms with E-state index in [1.807, 2.05) is 0 Å². The summed E-state index contributed by atoms with van der Waals surface area (Å²) in [5.74, 6) is 2.01. The molecule has 24 heavy (non-hydrogen) atoms. The quantitative estimate of drug-likeness (QED) is 0.523. The minimum Gasteiger partial charge on any atom is -0.457 e. The van der Waals surface area contributed by atoms with E-state index in [0.717, 1.165) is 11.5 Å². The molecule has 0 saturated carbocycles. The Labute approximate surface area is 147 Å². The van der Waals surface area contributed by atoms with Crippen molar-refractivity contribution in [1.29, 1.82) is 0 Å². The second kappa shape index (κ2) is 5.12. The van der Waals surface area contributed by atoms with Crippen molar-refractivity contribution in [3.05, 3.63) is 58.7 Å². The lowest BCUT2D eigenvalue weighted by molar-refractivity contribution is 0.413. The van der Waals surface area contributed by atoms with Gasteiger partial charge in [-0.2, -0.15) is 0 Å². The van der Waals surface area contributed by atoms with E-state index in [4.69, 9.17) is 4.74 Å². The first-order chi connectivity index (χ1) is 10.9. The Bertz CT molecular complexity index is 717. The summed E-state index contributed by atoms with van der Waals surface area (Å²) in [6.45, 7) is 18.1. The molecule has 0 aliphatic carbocycles. The van der Waals surface area contributed by atoms with E-state index in [1.165, 1.54) is 22.3 Å². The normalized spacial score (nSPS) is 16.2. The molecule has 1 aliphatic heterocycles. The van der Waals surface area contributed by atoms with E-state index in [1.54, 1.807) is 0 Å². The minimum absolute atomic E-state index is 0.0459. The van der Waals surface area contributed by atoms with Crippen molar-refractivity contribution < 1.29 is 4.74 Å². The van der Waals surface area contributed by atoms with Gasteiger partial charge in [-0.15, -0.1) is 0 Å². The highest BCUT2D eigenvalue weighted by Gasteiger charge is 2.35. The Balaban J connectivity index is 2.15. The van der Waals surface area contributed by atoms with Crippen LogP contribution in [0, 0.1) is 0 Å². The molecule has 1 aliphatic rings. The van der Waals surface area contributed by atoms with Crippen LogP contribution >= 0.6 is 0 Å². The Kier molecular flexibility index (Phi) is 3.64. The largest absolute Gasteiger partial charge is 0.457 e. The van der Waals surface area contributed by atoms with Gasteiger partial charge in [0.1, 0.15) is 11.5 Å². The van der Waals surface area contributed by atoms with Gasteiger partial charge in [0.05, 0.1) is 0 Å². The van der Waals surface area contributed by atoms with Crippen LogP contribution in [0.25, 0.3) is 0 Å². The van der Waals surface area contributed by atoms with Crippen LogP contribution in [0.5, 0.6) is 11.5 Å². The molecule has 1 nitrogen and oxygen atoms in total. The second-order valence-corrected chi connectivity index (χ2v) is 9.65. The number of benzene rings is 2. The zero-order chi connectivity index (χ0) is 17.9. The molecular weight excluding hydrogens is 292 g/mol. The topological polar surface area (TPSA) is 9.23 Å². The molecular formula is C23H30O. The van der Waals surface area contributed by atoms with Crippen molar-refractivity contribution in [1.82, 2.24) is 0 Å². The lowest BCUT2D eigenvalue weighted by atomic mass is 9.73. The zero-order valence-electron chi connectivity index (χ0n) is 16.4. The van der Waals surface area contributed by atoms with Crippen LogP contribution in [0.3, 0.4) is 0 Å². The van der Waals surface area contributed by atoms with Crippen LogP contribution in [0.2, 0.25) is 0 Å². The first-order valence-corrected chi connectivity index (χ1v) is 8.88. The average Bonchev–Trinajstić information content (AvgIpc) is 2.44. The van der Waals surface area contributed by atoms with Gasteiger partial charge in [0.2, 0.25) is 0 Å². The van der Waals surface area contributed by atoms with E-state index in [-0.39, 0.29) is 16.2 Å². The predicted octanol–water partition coefficient (Wildman–Crippen LogP) is 6.71. The molecule has 0 amide bonds. The van der Waals surface area contributed by atoms with Gasteiger partial charge in [-0.05, 0) is 34.1 Å². The Morgan fingerprint density at radius 2 is 1.04 bits per heavy atom. The summed E-state index contributed by atoms with van der Waals surface area (Å²) in [5.41, 5.74) is 5.36. The average molecular weight is 322 g/mol. The highest BCUT2D eigenvalue weighted by atomic mass is 16.5. The molecule has 128 valence electrons. The van der Waals surface area contributed by atoms with Crippen LogP contribution in [0.15, 0.2) is 36.4 Å². The molecule has 0 N–H and O–H groups in total. The fourth-order valence-corrected chi connectivity index (χ4v) is 3.44. The summed E-state index contributed by atoms with van der Waals surface area (Å²) < 4.78 is 6.38. The first kappa shape index (κ1) is 17.1. The van der Waals surface area contributed by atoms with Crippen LogP contribution in [0.4, 0.5) is 0 Å². The third-order valence-electron chi connectivity index (χ3n) is 5.26. The van der Waals surface area contributed by atoms with E-state index < -0.39 is 0 Å². The molecule has 0 bridgehead atoms. The third-order valence-corrected chi connectivity index (χ3v) is 5.26. The van der Waals surface area contributed by atoms with E-state index in [2.05, 4.69) is 91.8 Å². The van der Waals surface area contributed by atoms with Gasteiger partial charge in [-0.1, -0.05) is 79.7 Å². The van der Waals surface area contributed by atoms with Gasteiger partial charge in [-0.25, -0.2) is 0 Å². The van der Waals surface area contributed by atoms with Gasteiger partial charge in [-0.3, -0.25) is 0 Å². The SMILES string of the molecule is CC(C)(C)c1ccc2c(c1)Oc1cc(C(C)(C)C)ccc1C2(C)C. The Morgan fingerprint density at radius 1 is 0.667 bits per heavy atom. The maximum Gasteiger partial charge on any atom is 0.131 e. The summed E-state index contributed by atoms with van der Waals surface area (Å²) in [6.07, 6.45) is 0. The van der Waals surface area contributed by atoms with Crippen LogP contribution in [0.1, 0.15) is 77.6 Å². The summed E-state index contributed by atoms with van der Waals surface area (Å²) in [7, 11) is 0. The second-order valence-electron chi connectivity index (χ2n) is 9.65. The van der Waals surface area contributed by atoms with Crippen LogP contribution in [-0.4, -0.2) is 0 Å². The van der Waals surface area contributed by atoms with Gasteiger partial charge in [0.15, 0.2) is 0 Å². The smallest absolute Gasteiger partial charge is 0.131 e. The molecule has 0 aromatic heterocycles. The van der Waals surface area contributed by atoms with Crippen molar-refractivity contribution in [3.63, 3.8) is 0 Å². The Hall–Kier alpha value is -1.76. The van der Waals surface area contributed by atoms with Crippen LogP contribution in [-0.2, 0) is 16.2 Å². The molecule has 0 saturated heterocycles. The van der Waals surface area contributed by atoms with E-state index in [0.29, 0.717) is 0 Å². The van der Waals surface area contributed by atoms with Crippen molar-refractivity contribution >= 4 is 0 Å². The van der Waals surface area contributed by atoms with Gasteiger partial charge < -0.3 is 4.74 Å². The molecule has 2 aromatic rings. The van der Waals surface area contributed by atoms with Gasteiger partial charge in [0, 0.05) is 16.5 Å². The summed E-state index contributed by atoms with van der Waals surface area (Å²) in [5, 5.41) is 0. The molecule has 1 heterocycles. The number of hydrogen-bond donors (Lipinski definition) is 0. The third kappa shape index (κ3) is 2.75. The minimum atomic E-state index is -0.0459. The first-order valence-electron chi connectivity index (χ1n) is 8.88. The maximum absolute atomic E-state index is 6.38. The highest BCUT2D eigenvalue weighted by molar-refractivity contribution is 5.59. The molecule has 0 spiro atoms. The fraction of sp³-hybridized carbons (Fsp3) is 0.478. The van der Waals surface area contributed by atoms with Crippen molar-refractivity contribution in [3.8, 4) is 11.5 Å². The molecule has 0 atom stereocenters. The van der Waals surface area contributed by atoms with Crippen LogP contribution < -0.4 is 4.74 Å². The molecule has 2 aromatic carbocycles. The predicted molar refractivity (Wildman–Crippen MR) is 102 cm³/mol. The molecule has 0 fully saturated rings. The van der Waals surface area contributed by atoms with Gasteiger partial charge >= 0.3 is 0 Å². The fourth-order valence-electron chi connectivity index (χ4n) is 3.44. The number of fused-ring (bicyclic) bond motifs is 2. The monoisotopic (exact) mass is 322 g/mol. The van der Waals surface area contributed by atoms with Crippen molar-refractivity contribution in [2.24, 2.45) is 0 Å². The van der Waals surface area contributed by atoms with E-state index in [9.17, 15) is 0 Å². The highest BCUT2D eigenvalue weighted by Crippen LogP contribution is 2.49. The maximum atomic E-state index is 6.38. The molecule has 3 rings (SSSR count). The lowest BCUT2D eigenvalue weighted by Gasteiger charge is -2.36.